The van der Waals surface area contributed by atoms with Gasteiger partial charge in [-0.2, -0.15) is 0 Å². The van der Waals surface area contributed by atoms with Crippen LogP contribution in [0.1, 0.15) is 5.56 Å². The smallest absolute Gasteiger partial charge is 0.406 e. The number of nitrogens with one attached hydrogen (secondary N) is 1. The Hall–Kier alpha value is -2.20. The Bertz CT molecular complexity index is 819. The summed E-state index contributed by atoms with van der Waals surface area (Å²) in [6, 6.07) is 6.13. The van der Waals surface area contributed by atoms with Crippen LogP contribution >= 0.6 is 0 Å². The van der Waals surface area contributed by atoms with Gasteiger partial charge in [0.15, 0.2) is 0 Å². The Morgan fingerprint density at radius 1 is 1.00 bits per heavy atom. The first kappa shape index (κ1) is 18.1. The van der Waals surface area contributed by atoms with E-state index in [4.69, 9.17) is 0 Å². The summed E-state index contributed by atoms with van der Waals surface area (Å²) in [5.74, 6) is -2.31. The molecule has 0 heterocycles. The van der Waals surface area contributed by atoms with E-state index in [1.807, 2.05) is 0 Å². The van der Waals surface area contributed by atoms with Gasteiger partial charge >= 0.3 is 6.36 Å². The first-order valence-corrected chi connectivity index (χ1v) is 7.84. The van der Waals surface area contributed by atoms with Crippen LogP contribution < -0.4 is 9.46 Å². The molecule has 2 aromatic carbocycles. The van der Waals surface area contributed by atoms with Gasteiger partial charge in [0.1, 0.15) is 17.4 Å². The molecule has 0 amide bonds. The van der Waals surface area contributed by atoms with E-state index in [1.54, 1.807) is 0 Å². The topological polar surface area (TPSA) is 55.4 Å². The third-order valence-electron chi connectivity index (χ3n) is 2.84. The highest BCUT2D eigenvalue weighted by Gasteiger charge is 2.31. The molecule has 24 heavy (non-hydrogen) atoms. The Balaban J connectivity index is 2.10. The monoisotopic (exact) mass is 367 g/mol. The van der Waals surface area contributed by atoms with Crippen LogP contribution in [0.3, 0.4) is 0 Å². The van der Waals surface area contributed by atoms with Crippen molar-refractivity contribution >= 4 is 10.0 Å². The minimum absolute atomic E-state index is 0.0861. The van der Waals surface area contributed by atoms with Crippen molar-refractivity contribution in [3.63, 3.8) is 0 Å². The minimum Gasteiger partial charge on any atom is -0.406 e. The highest BCUT2D eigenvalue weighted by atomic mass is 32.2. The summed E-state index contributed by atoms with van der Waals surface area (Å²) in [7, 11) is -4.09. The molecule has 0 spiro atoms. The van der Waals surface area contributed by atoms with Gasteiger partial charge in [0.25, 0.3) is 0 Å². The zero-order chi connectivity index (χ0) is 18.0. The first-order chi connectivity index (χ1) is 11.1. The van der Waals surface area contributed by atoms with Gasteiger partial charge in [-0.3, -0.25) is 0 Å². The molecule has 0 aliphatic heterocycles. The average Bonchev–Trinajstić information content (AvgIpc) is 2.45. The van der Waals surface area contributed by atoms with Crippen LogP contribution in [-0.4, -0.2) is 14.8 Å². The van der Waals surface area contributed by atoms with Crippen LogP contribution in [-0.2, 0) is 16.6 Å². The summed E-state index contributed by atoms with van der Waals surface area (Å²) < 4.78 is 92.0. The van der Waals surface area contributed by atoms with Crippen LogP contribution in [0.25, 0.3) is 0 Å². The van der Waals surface area contributed by atoms with Crippen molar-refractivity contribution in [1.29, 1.82) is 0 Å². The molecule has 0 saturated carbocycles. The maximum Gasteiger partial charge on any atom is 0.573 e. The summed E-state index contributed by atoms with van der Waals surface area (Å²) in [4.78, 5) is -0.334. The molecule has 0 bridgehead atoms. The van der Waals surface area contributed by atoms with E-state index >= 15 is 0 Å². The lowest BCUT2D eigenvalue weighted by molar-refractivity contribution is -0.274. The lowest BCUT2D eigenvalue weighted by atomic mass is 10.2. The Morgan fingerprint density at radius 3 is 2.17 bits per heavy atom. The molecule has 0 aliphatic rings. The molecule has 0 saturated heterocycles. The highest BCUT2D eigenvalue weighted by Crippen LogP contribution is 2.24. The molecule has 130 valence electrons. The summed E-state index contributed by atoms with van der Waals surface area (Å²) in [6.07, 6.45) is -4.89. The molecule has 10 heteroatoms. The number of halogens is 5. The van der Waals surface area contributed by atoms with Crippen LogP contribution in [0.2, 0.25) is 0 Å². The summed E-state index contributed by atoms with van der Waals surface area (Å²) in [6.45, 7) is -0.449. The zero-order valence-electron chi connectivity index (χ0n) is 11.8. The van der Waals surface area contributed by atoms with E-state index < -0.39 is 40.3 Å². The normalized spacial score (nSPS) is 12.2. The summed E-state index contributed by atoms with van der Waals surface area (Å²) in [5.41, 5.74) is -0.0861. The van der Waals surface area contributed by atoms with Gasteiger partial charge in [-0.1, -0.05) is 6.07 Å². The largest absolute Gasteiger partial charge is 0.573 e. The van der Waals surface area contributed by atoms with Crippen LogP contribution in [0.5, 0.6) is 5.75 Å². The molecule has 0 aromatic heterocycles. The maximum atomic E-state index is 13.4. The Morgan fingerprint density at radius 2 is 1.62 bits per heavy atom. The predicted molar refractivity (Wildman–Crippen MR) is 73.5 cm³/mol. The number of hydrogen-bond acceptors (Lipinski definition) is 3. The lowest BCUT2D eigenvalue weighted by Gasteiger charge is -2.10. The molecule has 0 radical (unpaired) electrons. The van der Waals surface area contributed by atoms with Crippen molar-refractivity contribution in [3.8, 4) is 5.75 Å². The van der Waals surface area contributed by atoms with Crippen molar-refractivity contribution in [2.45, 2.75) is 17.8 Å². The van der Waals surface area contributed by atoms with Gasteiger partial charge in [-0.05, 0) is 30.3 Å². The van der Waals surface area contributed by atoms with Gasteiger partial charge in [-0.25, -0.2) is 21.9 Å². The molecule has 0 unspecified atom stereocenters. The van der Waals surface area contributed by atoms with E-state index in [0.717, 1.165) is 36.4 Å². The number of rotatable bonds is 5. The standard InChI is InChI=1S/C14H10F5NO3S/c15-10-2-1-9(13(16)7-10)8-20-24(21,22)12-5-3-11(4-6-12)23-14(17,18)19/h1-7,20H,8H2. The van der Waals surface area contributed by atoms with E-state index in [9.17, 15) is 30.4 Å². The summed E-state index contributed by atoms with van der Waals surface area (Å²) >= 11 is 0. The minimum atomic E-state index is -4.89. The van der Waals surface area contributed by atoms with Gasteiger partial charge in [0, 0.05) is 18.2 Å². The van der Waals surface area contributed by atoms with E-state index in [-0.39, 0.29) is 10.5 Å². The molecule has 0 fully saturated rings. The number of alkyl halides is 3. The van der Waals surface area contributed by atoms with Gasteiger partial charge in [0.2, 0.25) is 10.0 Å². The van der Waals surface area contributed by atoms with Crippen molar-refractivity contribution in [3.05, 3.63) is 59.7 Å². The van der Waals surface area contributed by atoms with Crippen molar-refractivity contribution in [2.24, 2.45) is 0 Å². The fourth-order valence-electron chi connectivity index (χ4n) is 1.74. The fourth-order valence-corrected chi connectivity index (χ4v) is 2.75. The second kappa shape index (κ2) is 6.73. The SMILES string of the molecule is O=S(=O)(NCc1ccc(F)cc1F)c1ccc(OC(F)(F)F)cc1. The quantitative estimate of drug-likeness (QED) is 0.825. The van der Waals surface area contributed by atoms with Crippen LogP contribution in [0, 0.1) is 11.6 Å². The van der Waals surface area contributed by atoms with Crippen molar-refractivity contribution < 1.29 is 35.1 Å². The maximum absolute atomic E-state index is 13.4. The first-order valence-electron chi connectivity index (χ1n) is 6.36. The van der Waals surface area contributed by atoms with E-state index in [1.165, 1.54) is 0 Å². The molecule has 0 atom stereocenters. The molecular weight excluding hydrogens is 357 g/mol. The second-order valence-corrected chi connectivity index (χ2v) is 6.35. The molecule has 1 N–H and O–H groups in total. The van der Waals surface area contributed by atoms with Crippen LogP contribution in [0.4, 0.5) is 22.0 Å². The molecule has 2 aromatic rings. The molecular formula is C14H10F5NO3S. The third-order valence-corrected chi connectivity index (χ3v) is 4.25. The summed E-state index contributed by atoms with van der Waals surface area (Å²) in [5, 5.41) is 0. The van der Waals surface area contributed by atoms with Crippen molar-refractivity contribution in [1.82, 2.24) is 4.72 Å². The van der Waals surface area contributed by atoms with Crippen LogP contribution in [0.15, 0.2) is 47.4 Å². The number of benzene rings is 2. The van der Waals surface area contributed by atoms with E-state index in [2.05, 4.69) is 9.46 Å². The molecule has 0 aliphatic carbocycles. The number of sulfonamides is 1. The van der Waals surface area contributed by atoms with Gasteiger partial charge < -0.3 is 4.74 Å². The van der Waals surface area contributed by atoms with Gasteiger partial charge in [-0.15, -0.1) is 13.2 Å². The van der Waals surface area contributed by atoms with Gasteiger partial charge in [0.05, 0.1) is 4.90 Å². The highest BCUT2D eigenvalue weighted by molar-refractivity contribution is 7.89. The van der Waals surface area contributed by atoms with Crippen molar-refractivity contribution in [2.75, 3.05) is 0 Å². The Kier molecular flexibility index (Phi) is 5.09. The van der Waals surface area contributed by atoms with E-state index in [0.29, 0.717) is 6.07 Å². The number of hydrogen-bond donors (Lipinski definition) is 1. The average molecular weight is 367 g/mol. The Labute approximate surface area is 133 Å². The fraction of sp³-hybridized carbons (Fsp3) is 0.143. The molecule has 4 nitrogen and oxygen atoms in total. The second-order valence-electron chi connectivity index (χ2n) is 4.58. The predicted octanol–water partition coefficient (Wildman–Crippen LogP) is 3.34. The zero-order valence-corrected chi connectivity index (χ0v) is 12.6. The third kappa shape index (κ3) is 4.90. The lowest BCUT2D eigenvalue weighted by Crippen LogP contribution is -2.24. The molecule has 2 rings (SSSR count). The number of ether oxygens (including phenoxy) is 1.